The van der Waals surface area contributed by atoms with Gasteiger partial charge < -0.3 is 15.4 Å². The van der Waals surface area contributed by atoms with Gasteiger partial charge in [-0.15, -0.1) is 0 Å². The van der Waals surface area contributed by atoms with Crippen molar-refractivity contribution in [2.24, 2.45) is 0 Å². The summed E-state index contributed by atoms with van der Waals surface area (Å²) in [6, 6.07) is 3.32. The van der Waals surface area contributed by atoms with Crippen LogP contribution in [0.2, 0.25) is 0 Å². The van der Waals surface area contributed by atoms with Crippen LogP contribution in [-0.4, -0.2) is 23.8 Å². The van der Waals surface area contributed by atoms with Crippen LogP contribution >= 0.6 is 0 Å². The number of halogens is 2. The van der Waals surface area contributed by atoms with Gasteiger partial charge >= 0.3 is 6.09 Å². The fourth-order valence-electron chi connectivity index (χ4n) is 1.81. The van der Waals surface area contributed by atoms with Gasteiger partial charge in [0.2, 0.25) is 0 Å². The van der Waals surface area contributed by atoms with Crippen molar-refractivity contribution in [2.75, 3.05) is 6.54 Å². The van der Waals surface area contributed by atoms with Gasteiger partial charge in [-0.1, -0.05) is 0 Å². The average Bonchev–Trinajstić information content (AvgIpc) is 2.30. The van der Waals surface area contributed by atoms with Crippen LogP contribution in [0.5, 0.6) is 0 Å². The molecule has 0 radical (unpaired) electrons. The minimum Gasteiger partial charge on any atom is -0.444 e. The first-order valence-corrected chi connectivity index (χ1v) is 7.14. The lowest BCUT2D eigenvalue weighted by Crippen LogP contribution is -2.51. The van der Waals surface area contributed by atoms with Crippen molar-refractivity contribution in [3.63, 3.8) is 0 Å². The van der Waals surface area contributed by atoms with E-state index < -0.39 is 28.9 Å². The van der Waals surface area contributed by atoms with Crippen molar-refractivity contribution in [3.05, 3.63) is 35.4 Å². The second-order valence-electron chi connectivity index (χ2n) is 6.85. The molecule has 0 unspecified atom stereocenters. The number of ether oxygens (including phenoxy) is 1. The molecule has 1 aromatic rings. The Hall–Kier alpha value is -1.69. The molecule has 0 saturated carbocycles. The highest BCUT2D eigenvalue weighted by Crippen LogP contribution is 2.11. The van der Waals surface area contributed by atoms with Gasteiger partial charge in [0.1, 0.15) is 17.2 Å². The second-order valence-corrected chi connectivity index (χ2v) is 6.85. The number of nitrogens with one attached hydrogen (secondary N) is 2. The summed E-state index contributed by atoms with van der Waals surface area (Å²) in [5.74, 6) is -0.948. The average molecular weight is 314 g/mol. The molecular formula is C16H24F2N2O2. The maximum absolute atomic E-state index is 13.5. The van der Waals surface area contributed by atoms with Crippen LogP contribution in [0.3, 0.4) is 0 Å². The third-order valence-electron chi connectivity index (χ3n) is 2.73. The molecule has 0 spiro atoms. The van der Waals surface area contributed by atoms with Crippen molar-refractivity contribution >= 4 is 6.09 Å². The molecule has 0 aromatic heterocycles. The molecule has 1 amide bonds. The smallest absolute Gasteiger partial charge is 0.408 e. The third-order valence-corrected chi connectivity index (χ3v) is 2.73. The van der Waals surface area contributed by atoms with Crippen LogP contribution in [-0.2, 0) is 11.3 Å². The molecular weight excluding hydrogens is 290 g/mol. The van der Waals surface area contributed by atoms with Crippen molar-refractivity contribution < 1.29 is 18.3 Å². The van der Waals surface area contributed by atoms with Crippen LogP contribution in [0.15, 0.2) is 18.2 Å². The number of alkyl carbamates (subject to hydrolysis) is 1. The quantitative estimate of drug-likeness (QED) is 0.876. The Balaban J connectivity index is 2.48. The van der Waals surface area contributed by atoms with Crippen LogP contribution in [0.1, 0.15) is 40.2 Å². The van der Waals surface area contributed by atoms with E-state index in [9.17, 15) is 13.6 Å². The number of rotatable bonds is 5. The summed E-state index contributed by atoms with van der Waals surface area (Å²) in [6.07, 6.45) is -0.517. The minimum atomic E-state index is -0.591. The van der Waals surface area contributed by atoms with Gasteiger partial charge in [-0.25, -0.2) is 13.6 Å². The molecule has 124 valence electrons. The van der Waals surface area contributed by atoms with Gasteiger partial charge in [0.25, 0.3) is 0 Å². The highest BCUT2D eigenvalue weighted by molar-refractivity contribution is 5.68. The van der Waals surface area contributed by atoms with Crippen molar-refractivity contribution in [2.45, 2.75) is 52.3 Å². The molecule has 0 bridgehead atoms. The van der Waals surface area contributed by atoms with Gasteiger partial charge in [-0.3, -0.25) is 0 Å². The van der Waals surface area contributed by atoms with Crippen molar-refractivity contribution in [1.29, 1.82) is 0 Å². The molecule has 2 N–H and O–H groups in total. The van der Waals surface area contributed by atoms with E-state index in [1.165, 1.54) is 0 Å². The summed E-state index contributed by atoms with van der Waals surface area (Å²) in [5, 5.41) is 5.73. The van der Waals surface area contributed by atoms with E-state index in [2.05, 4.69) is 10.6 Å². The number of benzene rings is 1. The molecule has 1 rings (SSSR count). The zero-order valence-corrected chi connectivity index (χ0v) is 13.7. The predicted molar refractivity (Wildman–Crippen MR) is 81.5 cm³/mol. The third kappa shape index (κ3) is 6.85. The van der Waals surface area contributed by atoms with Crippen LogP contribution in [0.4, 0.5) is 13.6 Å². The number of hydrogen-bond acceptors (Lipinski definition) is 3. The summed E-state index contributed by atoms with van der Waals surface area (Å²) in [4.78, 5) is 11.7. The first kappa shape index (κ1) is 18.4. The summed E-state index contributed by atoms with van der Waals surface area (Å²) in [7, 11) is 0. The second kappa shape index (κ2) is 7.05. The lowest BCUT2D eigenvalue weighted by atomic mass is 10.1. The van der Waals surface area contributed by atoms with E-state index in [0.717, 1.165) is 18.2 Å². The molecule has 0 aliphatic carbocycles. The molecule has 0 saturated heterocycles. The van der Waals surface area contributed by atoms with Gasteiger partial charge in [0, 0.05) is 18.7 Å². The monoisotopic (exact) mass is 314 g/mol. The molecule has 4 nitrogen and oxygen atoms in total. The van der Waals surface area contributed by atoms with Crippen molar-refractivity contribution in [1.82, 2.24) is 10.6 Å². The SMILES string of the molecule is CC(C)(CNCc1cc(F)ccc1F)NC(=O)OC(C)(C)C. The zero-order chi connectivity index (χ0) is 17.0. The van der Waals surface area contributed by atoms with E-state index >= 15 is 0 Å². The van der Waals surface area contributed by atoms with E-state index in [0.29, 0.717) is 6.54 Å². The Morgan fingerprint density at radius 3 is 2.41 bits per heavy atom. The first-order chi connectivity index (χ1) is 9.98. The minimum absolute atomic E-state index is 0.170. The molecule has 22 heavy (non-hydrogen) atoms. The van der Waals surface area contributed by atoms with Crippen LogP contribution < -0.4 is 10.6 Å². The number of carbonyl (C=O) groups excluding carboxylic acids is 1. The predicted octanol–water partition coefficient (Wildman–Crippen LogP) is 3.36. The van der Waals surface area contributed by atoms with Gasteiger partial charge in [0.05, 0.1) is 5.54 Å². The molecule has 0 fully saturated rings. The lowest BCUT2D eigenvalue weighted by Gasteiger charge is -2.29. The summed E-state index contributed by atoms with van der Waals surface area (Å²) >= 11 is 0. The van der Waals surface area contributed by atoms with Gasteiger partial charge in [-0.05, 0) is 52.8 Å². The van der Waals surface area contributed by atoms with Crippen molar-refractivity contribution in [3.8, 4) is 0 Å². The van der Waals surface area contributed by atoms with E-state index in [1.54, 1.807) is 20.8 Å². The Morgan fingerprint density at radius 1 is 1.18 bits per heavy atom. The fourth-order valence-corrected chi connectivity index (χ4v) is 1.81. The van der Waals surface area contributed by atoms with E-state index in [-0.39, 0.29) is 12.1 Å². The zero-order valence-electron chi connectivity index (χ0n) is 13.7. The Bertz CT molecular complexity index is 525. The van der Waals surface area contributed by atoms with Gasteiger partial charge in [0.15, 0.2) is 0 Å². The lowest BCUT2D eigenvalue weighted by molar-refractivity contribution is 0.0472. The number of carbonyl (C=O) groups is 1. The summed E-state index contributed by atoms with van der Waals surface area (Å²) in [6.45, 7) is 9.52. The summed E-state index contributed by atoms with van der Waals surface area (Å²) < 4.78 is 31.7. The Morgan fingerprint density at radius 2 is 1.82 bits per heavy atom. The Labute approximate surface area is 130 Å². The normalized spacial score (nSPS) is 12.1. The van der Waals surface area contributed by atoms with Crippen LogP contribution in [0.25, 0.3) is 0 Å². The highest BCUT2D eigenvalue weighted by atomic mass is 19.1. The van der Waals surface area contributed by atoms with E-state index in [1.807, 2.05) is 13.8 Å². The molecule has 0 heterocycles. The number of hydrogen-bond donors (Lipinski definition) is 2. The molecule has 1 aromatic carbocycles. The summed E-state index contributed by atoms with van der Waals surface area (Å²) in [5.41, 5.74) is -0.919. The van der Waals surface area contributed by atoms with Gasteiger partial charge in [-0.2, -0.15) is 0 Å². The number of amides is 1. The molecule has 0 aliphatic rings. The van der Waals surface area contributed by atoms with E-state index in [4.69, 9.17) is 4.74 Å². The van der Waals surface area contributed by atoms with Crippen LogP contribution in [0, 0.1) is 11.6 Å². The Kier molecular flexibility index (Phi) is 5.88. The topological polar surface area (TPSA) is 50.4 Å². The molecule has 6 heteroatoms. The maximum atomic E-state index is 13.5. The highest BCUT2D eigenvalue weighted by Gasteiger charge is 2.24. The molecule has 0 atom stereocenters. The molecule has 0 aliphatic heterocycles. The standard InChI is InChI=1S/C16H24F2N2O2/c1-15(2,3)22-14(21)20-16(4,5)10-19-9-11-8-12(17)6-7-13(11)18/h6-8,19H,9-10H2,1-5H3,(H,20,21). The largest absolute Gasteiger partial charge is 0.444 e. The fraction of sp³-hybridized carbons (Fsp3) is 0.562. The maximum Gasteiger partial charge on any atom is 0.408 e. The first-order valence-electron chi connectivity index (χ1n) is 7.14.